The lowest BCUT2D eigenvalue weighted by Gasteiger charge is -2.20. The van der Waals surface area contributed by atoms with Crippen LogP contribution in [0.5, 0.6) is 0 Å². The topological polar surface area (TPSA) is 81.0 Å². The highest BCUT2D eigenvalue weighted by atomic mass is 32.1. The van der Waals surface area contributed by atoms with Crippen molar-refractivity contribution in [3.63, 3.8) is 0 Å². The molecule has 0 spiro atoms. The Labute approximate surface area is 184 Å². The first-order valence-electron chi connectivity index (χ1n) is 9.94. The van der Waals surface area contributed by atoms with Crippen molar-refractivity contribution in [2.75, 3.05) is 4.90 Å². The Kier molecular flexibility index (Phi) is 5.65. The number of pyridine rings is 1. The predicted molar refractivity (Wildman–Crippen MR) is 122 cm³/mol. The molecule has 0 radical (unpaired) electrons. The maximum absolute atomic E-state index is 13.4. The lowest BCUT2D eigenvalue weighted by Crippen LogP contribution is -2.37. The Bertz CT molecular complexity index is 1330. The predicted octanol–water partition coefficient (Wildman–Crippen LogP) is 3.72. The summed E-state index contributed by atoms with van der Waals surface area (Å²) in [7, 11) is 0. The standard InChI is InChI=1S/C23H23N5O2S/c1-14-9-15(2)21-19(10-14)26-23(31-21)28(11-18-7-5-6-8-24-18)20(29)12-27-13-25-17(4)16(3)22(27)30/h5-10,13H,11-12H2,1-4H3. The number of thiazole rings is 1. The first kappa shape index (κ1) is 20.9. The van der Waals surface area contributed by atoms with Crippen LogP contribution in [0.1, 0.15) is 28.1 Å². The zero-order valence-electron chi connectivity index (χ0n) is 17.9. The van der Waals surface area contributed by atoms with Crippen LogP contribution < -0.4 is 10.5 Å². The molecule has 4 aromatic rings. The molecule has 0 fully saturated rings. The minimum absolute atomic E-state index is 0.117. The fraction of sp³-hybridized carbons (Fsp3) is 0.261. The number of aromatic nitrogens is 4. The molecule has 0 N–H and O–H groups in total. The molecule has 4 rings (SSSR count). The number of anilines is 1. The van der Waals surface area contributed by atoms with Crippen molar-refractivity contribution in [3.05, 3.63) is 81.3 Å². The zero-order valence-corrected chi connectivity index (χ0v) is 18.7. The number of hydrogen-bond acceptors (Lipinski definition) is 6. The number of nitrogens with zero attached hydrogens (tertiary/aromatic N) is 5. The molecular formula is C23H23N5O2S. The molecule has 3 aromatic heterocycles. The van der Waals surface area contributed by atoms with E-state index in [0.29, 0.717) is 16.4 Å². The van der Waals surface area contributed by atoms with Gasteiger partial charge in [0.15, 0.2) is 5.13 Å². The van der Waals surface area contributed by atoms with E-state index in [1.807, 2.05) is 38.1 Å². The summed E-state index contributed by atoms with van der Waals surface area (Å²) in [5.41, 5.74) is 4.84. The van der Waals surface area contributed by atoms with Gasteiger partial charge in [-0.3, -0.25) is 24.0 Å². The van der Waals surface area contributed by atoms with Gasteiger partial charge in [-0.2, -0.15) is 0 Å². The second kappa shape index (κ2) is 8.39. The molecule has 1 aromatic carbocycles. The summed E-state index contributed by atoms with van der Waals surface area (Å²) in [5.74, 6) is -0.244. The van der Waals surface area contributed by atoms with Crippen molar-refractivity contribution in [1.82, 2.24) is 19.5 Å². The van der Waals surface area contributed by atoms with Gasteiger partial charge >= 0.3 is 0 Å². The number of aryl methyl sites for hydroxylation is 3. The highest BCUT2D eigenvalue weighted by Crippen LogP contribution is 2.33. The van der Waals surface area contributed by atoms with E-state index in [9.17, 15) is 9.59 Å². The number of benzene rings is 1. The van der Waals surface area contributed by atoms with Crippen LogP contribution in [0.25, 0.3) is 10.2 Å². The van der Waals surface area contributed by atoms with Gasteiger partial charge in [-0.25, -0.2) is 9.97 Å². The average molecular weight is 434 g/mol. The third kappa shape index (κ3) is 4.25. The normalized spacial score (nSPS) is 11.1. The van der Waals surface area contributed by atoms with E-state index >= 15 is 0 Å². The fourth-order valence-electron chi connectivity index (χ4n) is 3.42. The smallest absolute Gasteiger partial charge is 0.256 e. The van der Waals surface area contributed by atoms with E-state index in [-0.39, 0.29) is 24.6 Å². The number of carbonyl (C=O) groups is 1. The van der Waals surface area contributed by atoms with Crippen LogP contribution in [0.3, 0.4) is 0 Å². The van der Waals surface area contributed by atoms with Crippen molar-refractivity contribution in [2.45, 2.75) is 40.8 Å². The third-order valence-corrected chi connectivity index (χ3v) is 6.44. The summed E-state index contributed by atoms with van der Waals surface area (Å²) < 4.78 is 2.39. The Morgan fingerprint density at radius 1 is 1.13 bits per heavy atom. The Hall–Kier alpha value is -3.39. The van der Waals surface area contributed by atoms with E-state index in [2.05, 4.69) is 16.0 Å². The van der Waals surface area contributed by atoms with Gasteiger partial charge in [0.2, 0.25) is 5.91 Å². The van der Waals surface area contributed by atoms with Crippen LogP contribution in [0.4, 0.5) is 5.13 Å². The second-order valence-electron chi connectivity index (χ2n) is 7.62. The molecule has 7 nitrogen and oxygen atoms in total. The molecule has 0 bridgehead atoms. The lowest BCUT2D eigenvalue weighted by molar-refractivity contribution is -0.119. The van der Waals surface area contributed by atoms with Gasteiger partial charge < -0.3 is 0 Å². The molecule has 158 valence electrons. The maximum Gasteiger partial charge on any atom is 0.256 e. The first-order valence-corrected chi connectivity index (χ1v) is 10.8. The van der Waals surface area contributed by atoms with Crippen LogP contribution in [-0.2, 0) is 17.9 Å². The van der Waals surface area contributed by atoms with Gasteiger partial charge in [0.1, 0.15) is 6.54 Å². The lowest BCUT2D eigenvalue weighted by atomic mass is 10.1. The molecule has 31 heavy (non-hydrogen) atoms. The highest BCUT2D eigenvalue weighted by molar-refractivity contribution is 7.22. The quantitative estimate of drug-likeness (QED) is 0.479. The molecule has 0 aliphatic carbocycles. The summed E-state index contributed by atoms with van der Waals surface area (Å²) in [6, 6.07) is 9.71. The Morgan fingerprint density at radius 3 is 2.68 bits per heavy atom. The van der Waals surface area contributed by atoms with Crippen LogP contribution >= 0.6 is 11.3 Å². The molecule has 8 heteroatoms. The van der Waals surface area contributed by atoms with Gasteiger partial charge in [0, 0.05) is 17.5 Å². The largest absolute Gasteiger partial charge is 0.289 e. The summed E-state index contributed by atoms with van der Waals surface area (Å²) >= 11 is 1.47. The average Bonchev–Trinajstić information content (AvgIpc) is 3.17. The van der Waals surface area contributed by atoms with Crippen LogP contribution in [0, 0.1) is 27.7 Å². The van der Waals surface area contributed by atoms with Crippen LogP contribution in [-0.4, -0.2) is 25.4 Å². The van der Waals surface area contributed by atoms with E-state index in [1.54, 1.807) is 24.9 Å². The van der Waals surface area contributed by atoms with E-state index in [4.69, 9.17) is 4.98 Å². The van der Waals surface area contributed by atoms with E-state index < -0.39 is 0 Å². The Morgan fingerprint density at radius 2 is 1.94 bits per heavy atom. The number of rotatable bonds is 5. The van der Waals surface area contributed by atoms with Crippen LogP contribution in [0.2, 0.25) is 0 Å². The van der Waals surface area contributed by atoms with Gasteiger partial charge in [0.25, 0.3) is 5.56 Å². The zero-order chi connectivity index (χ0) is 22.1. The molecule has 0 aliphatic heterocycles. The monoisotopic (exact) mass is 433 g/mol. The number of amides is 1. The molecule has 1 amide bonds. The molecule has 0 aliphatic rings. The first-order chi connectivity index (χ1) is 14.8. The van der Waals surface area contributed by atoms with Gasteiger partial charge in [-0.15, -0.1) is 0 Å². The van der Waals surface area contributed by atoms with Crippen molar-refractivity contribution >= 4 is 32.6 Å². The molecular weight excluding hydrogens is 410 g/mol. The molecule has 3 heterocycles. The van der Waals surface area contributed by atoms with Crippen molar-refractivity contribution < 1.29 is 4.79 Å². The van der Waals surface area contributed by atoms with Gasteiger partial charge in [-0.05, 0) is 57.0 Å². The summed E-state index contributed by atoms with van der Waals surface area (Å²) in [6.45, 7) is 7.72. The number of fused-ring (bicyclic) bond motifs is 1. The SMILES string of the molecule is Cc1cc(C)c2sc(N(Cc3ccccn3)C(=O)Cn3cnc(C)c(C)c3=O)nc2c1. The summed E-state index contributed by atoms with van der Waals surface area (Å²) in [5, 5.41) is 0.587. The van der Waals surface area contributed by atoms with Gasteiger partial charge in [0.05, 0.1) is 28.8 Å². The van der Waals surface area contributed by atoms with Crippen LogP contribution in [0.15, 0.2) is 47.7 Å². The summed E-state index contributed by atoms with van der Waals surface area (Å²) in [6.07, 6.45) is 3.12. The fourth-order valence-corrected chi connectivity index (χ4v) is 4.45. The number of hydrogen-bond donors (Lipinski definition) is 0. The summed E-state index contributed by atoms with van der Waals surface area (Å²) in [4.78, 5) is 40.9. The minimum Gasteiger partial charge on any atom is -0.289 e. The molecule has 0 saturated heterocycles. The van der Waals surface area contributed by atoms with Crippen molar-refractivity contribution in [2.24, 2.45) is 0 Å². The van der Waals surface area contributed by atoms with E-state index in [1.165, 1.54) is 22.2 Å². The minimum atomic E-state index is -0.244. The van der Waals surface area contributed by atoms with Crippen molar-refractivity contribution in [3.8, 4) is 0 Å². The Balaban J connectivity index is 1.74. The molecule has 0 saturated carbocycles. The third-order valence-electron chi connectivity index (χ3n) is 5.21. The van der Waals surface area contributed by atoms with Crippen molar-refractivity contribution in [1.29, 1.82) is 0 Å². The molecule has 0 atom stereocenters. The highest BCUT2D eigenvalue weighted by Gasteiger charge is 2.22. The van der Waals surface area contributed by atoms with Gasteiger partial charge in [-0.1, -0.05) is 23.5 Å². The second-order valence-corrected chi connectivity index (χ2v) is 8.59. The number of carbonyl (C=O) groups excluding carboxylic acids is 1. The van der Waals surface area contributed by atoms with E-state index in [0.717, 1.165) is 27.0 Å². The molecule has 0 unspecified atom stereocenters. The maximum atomic E-state index is 13.4.